The molecule has 0 aliphatic rings. The maximum absolute atomic E-state index is 12.4. The van der Waals surface area contributed by atoms with Crippen LogP contribution in [0.1, 0.15) is 50.9 Å². The van der Waals surface area contributed by atoms with Gasteiger partial charge in [-0.15, -0.1) is 0 Å². The van der Waals surface area contributed by atoms with E-state index in [0.29, 0.717) is 31.5 Å². The van der Waals surface area contributed by atoms with Crippen LogP contribution in [0.25, 0.3) is 0 Å². The second kappa shape index (κ2) is 8.60. The number of sulfonamides is 1. The first kappa shape index (κ1) is 20.6. The molecule has 136 valence electrons. The largest absolute Gasteiger partial charge is 0.339 e. The van der Waals surface area contributed by atoms with Gasteiger partial charge in [0.15, 0.2) is 0 Å². The molecule has 1 rings (SSSR count). The number of rotatable bonds is 9. The summed E-state index contributed by atoms with van der Waals surface area (Å²) in [6.07, 6.45) is 1.37. The standard InChI is InChI=1S/C17H29N3O3S/c1-5-17(18,6-2)13-19-24(22,23)15-11-9-14(10-12-15)16(21)20(7-3)8-4/h9-12,19H,5-8,13,18H2,1-4H3. The number of hydrogen-bond donors (Lipinski definition) is 2. The van der Waals surface area contributed by atoms with Crippen molar-refractivity contribution in [1.29, 1.82) is 0 Å². The van der Waals surface area contributed by atoms with Crippen LogP contribution in [0.4, 0.5) is 0 Å². The highest BCUT2D eigenvalue weighted by Crippen LogP contribution is 2.15. The van der Waals surface area contributed by atoms with Crippen molar-refractivity contribution < 1.29 is 13.2 Å². The lowest BCUT2D eigenvalue weighted by Gasteiger charge is -2.26. The number of amides is 1. The Kier molecular flexibility index (Phi) is 7.38. The zero-order valence-corrected chi connectivity index (χ0v) is 15.8. The van der Waals surface area contributed by atoms with Crippen LogP contribution in [0.15, 0.2) is 29.2 Å². The molecule has 0 aromatic heterocycles. The normalized spacial score (nSPS) is 12.2. The molecule has 0 heterocycles. The number of nitrogens with two attached hydrogens (primary N) is 1. The van der Waals surface area contributed by atoms with Crippen LogP contribution in [0.5, 0.6) is 0 Å². The van der Waals surface area contributed by atoms with Crippen LogP contribution < -0.4 is 10.5 Å². The van der Waals surface area contributed by atoms with E-state index in [9.17, 15) is 13.2 Å². The van der Waals surface area contributed by atoms with Crippen LogP contribution in [-0.2, 0) is 10.0 Å². The summed E-state index contributed by atoms with van der Waals surface area (Å²) in [6, 6.07) is 6.00. The summed E-state index contributed by atoms with van der Waals surface area (Å²) in [7, 11) is -3.64. The first-order chi connectivity index (χ1) is 11.2. The van der Waals surface area contributed by atoms with Crippen molar-refractivity contribution in [2.75, 3.05) is 19.6 Å². The molecule has 1 amide bonds. The van der Waals surface area contributed by atoms with E-state index in [0.717, 1.165) is 0 Å². The molecule has 0 bridgehead atoms. The molecule has 0 spiro atoms. The van der Waals surface area contributed by atoms with Crippen molar-refractivity contribution >= 4 is 15.9 Å². The molecule has 1 aromatic carbocycles. The number of nitrogens with one attached hydrogen (secondary N) is 1. The van der Waals surface area contributed by atoms with Crippen molar-refractivity contribution in [2.45, 2.75) is 51.0 Å². The average Bonchev–Trinajstić information content (AvgIpc) is 2.61. The third-order valence-electron chi connectivity index (χ3n) is 4.48. The van der Waals surface area contributed by atoms with E-state index in [1.807, 2.05) is 27.7 Å². The fourth-order valence-electron chi connectivity index (χ4n) is 2.29. The SMILES string of the molecule is CCN(CC)C(=O)c1ccc(S(=O)(=O)NCC(N)(CC)CC)cc1. The first-order valence-electron chi connectivity index (χ1n) is 8.40. The third kappa shape index (κ3) is 5.03. The third-order valence-corrected chi connectivity index (χ3v) is 5.90. The Morgan fingerprint density at radius 1 is 1.08 bits per heavy atom. The number of benzene rings is 1. The summed E-state index contributed by atoms with van der Waals surface area (Å²) >= 11 is 0. The highest BCUT2D eigenvalue weighted by atomic mass is 32.2. The van der Waals surface area contributed by atoms with Gasteiger partial charge in [0, 0.05) is 30.7 Å². The summed E-state index contributed by atoms with van der Waals surface area (Å²) in [6.45, 7) is 9.10. The molecule has 1 aromatic rings. The van der Waals surface area contributed by atoms with Crippen molar-refractivity contribution in [2.24, 2.45) is 5.73 Å². The van der Waals surface area contributed by atoms with Crippen LogP contribution >= 0.6 is 0 Å². The van der Waals surface area contributed by atoms with Crippen LogP contribution in [0.2, 0.25) is 0 Å². The van der Waals surface area contributed by atoms with Gasteiger partial charge in [-0.05, 0) is 51.0 Å². The number of nitrogens with zero attached hydrogens (tertiary/aromatic N) is 1. The van der Waals surface area contributed by atoms with Gasteiger partial charge >= 0.3 is 0 Å². The predicted octanol–water partition coefficient (Wildman–Crippen LogP) is 1.96. The minimum Gasteiger partial charge on any atom is -0.339 e. The second-order valence-electron chi connectivity index (χ2n) is 5.90. The molecular formula is C17H29N3O3S. The van der Waals surface area contributed by atoms with E-state index in [4.69, 9.17) is 5.73 Å². The summed E-state index contributed by atoms with van der Waals surface area (Å²) < 4.78 is 27.3. The van der Waals surface area contributed by atoms with Crippen molar-refractivity contribution in [3.63, 3.8) is 0 Å². The lowest BCUT2D eigenvalue weighted by molar-refractivity contribution is 0.0773. The second-order valence-corrected chi connectivity index (χ2v) is 7.66. The lowest BCUT2D eigenvalue weighted by Crippen LogP contribution is -2.49. The maximum Gasteiger partial charge on any atom is 0.253 e. The summed E-state index contributed by atoms with van der Waals surface area (Å²) in [4.78, 5) is 14.1. The summed E-state index contributed by atoms with van der Waals surface area (Å²) in [5.74, 6) is -0.102. The quantitative estimate of drug-likeness (QED) is 0.708. The van der Waals surface area contributed by atoms with E-state index in [1.54, 1.807) is 17.0 Å². The molecule has 24 heavy (non-hydrogen) atoms. The van der Waals surface area contributed by atoms with E-state index in [1.165, 1.54) is 12.1 Å². The average molecular weight is 356 g/mol. The van der Waals surface area contributed by atoms with Gasteiger partial charge in [-0.2, -0.15) is 0 Å². The molecule has 0 aliphatic carbocycles. The van der Waals surface area contributed by atoms with Crippen LogP contribution in [0, 0.1) is 0 Å². The van der Waals surface area contributed by atoms with Crippen molar-refractivity contribution in [1.82, 2.24) is 9.62 Å². The van der Waals surface area contributed by atoms with Gasteiger partial charge < -0.3 is 10.6 Å². The van der Waals surface area contributed by atoms with Crippen LogP contribution in [0.3, 0.4) is 0 Å². The Morgan fingerprint density at radius 2 is 1.58 bits per heavy atom. The molecule has 0 radical (unpaired) electrons. The number of carbonyl (C=O) groups excluding carboxylic acids is 1. The minimum atomic E-state index is -3.64. The van der Waals surface area contributed by atoms with Gasteiger partial charge in [-0.3, -0.25) is 4.79 Å². The van der Waals surface area contributed by atoms with Gasteiger partial charge in [0.2, 0.25) is 10.0 Å². The van der Waals surface area contributed by atoms with Gasteiger partial charge in [0.25, 0.3) is 5.91 Å². The van der Waals surface area contributed by atoms with Gasteiger partial charge in [-0.1, -0.05) is 13.8 Å². The molecule has 0 fully saturated rings. The van der Waals surface area contributed by atoms with E-state index >= 15 is 0 Å². The molecule has 0 saturated heterocycles. The Balaban J connectivity index is 2.89. The fourth-order valence-corrected chi connectivity index (χ4v) is 3.43. The van der Waals surface area contributed by atoms with Crippen LogP contribution in [-0.4, -0.2) is 44.4 Å². The predicted molar refractivity (Wildman–Crippen MR) is 96.4 cm³/mol. The summed E-state index contributed by atoms with van der Waals surface area (Å²) in [5.41, 5.74) is 6.06. The molecule has 3 N–H and O–H groups in total. The fraction of sp³-hybridized carbons (Fsp3) is 0.588. The zero-order valence-electron chi connectivity index (χ0n) is 15.0. The lowest BCUT2D eigenvalue weighted by atomic mass is 9.95. The van der Waals surface area contributed by atoms with Gasteiger partial charge in [0.1, 0.15) is 0 Å². The zero-order chi connectivity index (χ0) is 18.4. The molecule has 6 nitrogen and oxygen atoms in total. The molecule has 7 heteroatoms. The highest BCUT2D eigenvalue weighted by Gasteiger charge is 2.24. The first-order valence-corrected chi connectivity index (χ1v) is 9.89. The van der Waals surface area contributed by atoms with Gasteiger partial charge in [-0.25, -0.2) is 13.1 Å². The van der Waals surface area contributed by atoms with E-state index < -0.39 is 15.6 Å². The minimum absolute atomic E-state index is 0.102. The maximum atomic E-state index is 12.4. The van der Waals surface area contributed by atoms with Crippen molar-refractivity contribution in [3.8, 4) is 0 Å². The van der Waals surface area contributed by atoms with E-state index in [2.05, 4.69) is 4.72 Å². The molecule has 0 saturated carbocycles. The highest BCUT2D eigenvalue weighted by molar-refractivity contribution is 7.89. The van der Waals surface area contributed by atoms with Gasteiger partial charge in [0.05, 0.1) is 4.90 Å². The molecule has 0 atom stereocenters. The molecule has 0 unspecified atom stereocenters. The Hall–Kier alpha value is -1.44. The smallest absolute Gasteiger partial charge is 0.253 e. The Morgan fingerprint density at radius 3 is 2.00 bits per heavy atom. The van der Waals surface area contributed by atoms with Crippen molar-refractivity contribution in [3.05, 3.63) is 29.8 Å². The molecular weight excluding hydrogens is 326 g/mol. The molecule has 0 aliphatic heterocycles. The topological polar surface area (TPSA) is 92.5 Å². The number of carbonyl (C=O) groups is 1. The Labute approximate surface area is 145 Å². The monoisotopic (exact) mass is 355 g/mol. The Bertz CT molecular complexity index is 634. The summed E-state index contributed by atoms with van der Waals surface area (Å²) in [5, 5.41) is 0. The number of hydrogen-bond acceptors (Lipinski definition) is 4. The van der Waals surface area contributed by atoms with E-state index in [-0.39, 0.29) is 17.3 Å².